The van der Waals surface area contributed by atoms with Crippen LogP contribution in [0.2, 0.25) is 0 Å². The predicted octanol–water partition coefficient (Wildman–Crippen LogP) is 3.95. The van der Waals surface area contributed by atoms with Crippen molar-refractivity contribution in [3.05, 3.63) is 71.8 Å². The van der Waals surface area contributed by atoms with Gasteiger partial charge >= 0.3 is 0 Å². The quantitative estimate of drug-likeness (QED) is 0.685. The molecule has 1 aliphatic rings. The van der Waals surface area contributed by atoms with E-state index in [1.54, 1.807) is 0 Å². The minimum absolute atomic E-state index is 0.116. The van der Waals surface area contributed by atoms with Gasteiger partial charge in [-0.3, -0.25) is 4.90 Å². The van der Waals surface area contributed by atoms with Crippen LogP contribution in [0.5, 0.6) is 0 Å². The molecule has 0 heterocycles. The molecular formula is C25H31NO2. The van der Waals surface area contributed by atoms with Crippen molar-refractivity contribution in [2.24, 2.45) is 5.92 Å². The molecule has 28 heavy (non-hydrogen) atoms. The van der Waals surface area contributed by atoms with Gasteiger partial charge in [0.1, 0.15) is 5.60 Å². The molecule has 0 aliphatic heterocycles. The largest absolute Gasteiger partial charge is 0.395 e. The molecule has 0 saturated heterocycles. The summed E-state index contributed by atoms with van der Waals surface area (Å²) >= 11 is 0. The minimum atomic E-state index is -0.869. The van der Waals surface area contributed by atoms with Gasteiger partial charge in [0, 0.05) is 19.5 Å². The number of aliphatic hydroxyl groups excluding tert-OH is 1. The van der Waals surface area contributed by atoms with Crippen LogP contribution in [-0.2, 0) is 12.1 Å². The third kappa shape index (κ3) is 5.45. The zero-order valence-corrected chi connectivity index (χ0v) is 16.6. The van der Waals surface area contributed by atoms with Crippen LogP contribution in [-0.4, -0.2) is 34.8 Å². The summed E-state index contributed by atoms with van der Waals surface area (Å²) in [7, 11) is 0. The van der Waals surface area contributed by atoms with Gasteiger partial charge < -0.3 is 10.2 Å². The van der Waals surface area contributed by atoms with Gasteiger partial charge in [-0.25, -0.2) is 0 Å². The maximum absolute atomic E-state index is 11.5. The van der Waals surface area contributed by atoms with E-state index in [-0.39, 0.29) is 12.5 Å². The normalized spacial score (nSPS) is 16.5. The second kappa shape index (κ2) is 10.4. The molecule has 1 unspecified atom stereocenters. The van der Waals surface area contributed by atoms with Crippen LogP contribution in [0.4, 0.5) is 0 Å². The average molecular weight is 378 g/mol. The maximum Gasteiger partial charge on any atom is 0.103 e. The first-order chi connectivity index (χ1) is 13.7. The zero-order valence-electron chi connectivity index (χ0n) is 16.6. The SMILES string of the molecule is OCCN(CC#CCC(O)(c1ccccc1)C1CCCC1)Cc1ccccc1. The van der Waals surface area contributed by atoms with Gasteiger partial charge in [-0.1, -0.05) is 85.3 Å². The van der Waals surface area contributed by atoms with Crippen molar-refractivity contribution in [2.75, 3.05) is 19.7 Å². The molecule has 1 saturated carbocycles. The van der Waals surface area contributed by atoms with Crippen LogP contribution in [0.1, 0.15) is 43.2 Å². The number of hydrogen-bond donors (Lipinski definition) is 2. The molecule has 2 aromatic carbocycles. The van der Waals surface area contributed by atoms with E-state index in [1.807, 2.05) is 48.5 Å². The Kier molecular flexibility index (Phi) is 7.68. The van der Waals surface area contributed by atoms with Crippen LogP contribution in [0, 0.1) is 17.8 Å². The summed E-state index contributed by atoms with van der Waals surface area (Å²) in [5, 5.41) is 20.9. The van der Waals surface area contributed by atoms with Gasteiger partial charge in [-0.05, 0) is 29.9 Å². The molecular weight excluding hydrogens is 346 g/mol. The Morgan fingerprint density at radius 3 is 2.21 bits per heavy atom. The average Bonchev–Trinajstić information content (AvgIpc) is 3.28. The standard InChI is InChI=1S/C25H31NO2/c27-20-19-26(21-22-11-3-1-4-12-22)18-10-9-17-25(28,24-15-7-8-16-24)23-13-5-2-6-14-23/h1-6,11-14,24,27-28H,7-8,15-21H2. The maximum atomic E-state index is 11.5. The van der Waals surface area contributed by atoms with E-state index in [1.165, 1.54) is 18.4 Å². The van der Waals surface area contributed by atoms with Crippen LogP contribution < -0.4 is 0 Å². The number of benzene rings is 2. The minimum Gasteiger partial charge on any atom is -0.395 e. The summed E-state index contributed by atoms with van der Waals surface area (Å²) in [6, 6.07) is 20.3. The van der Waals surface area contributed by atoms with Crippen molar-refractivity contribution in [3.8, 4) is 11.8 Å². The van der Waals surface area contributed by atoms with Gasteiger partial charge in [-0.15, -0.1) is 0 Å². The highest BCUT2D eigenvalue weighted by atomic mass is 16.3. The van der Waals surface area contributed by atoms with Crippen molar-refractivity contribution in [2.45, 2.75) is 44.2 Å². The van der Waals surface area contributed by atoms with Crippen molar-refractivity contribution >= 4 is 0 Å². The summed E-state index contributed by atoms with van der Waals surface area (Å²) in [6.07, 6.45) is 4.97. The smallest absolute Gasteiger partial charge is 0.103 e. The number of hydrogen-bond acceptors (Lipinski definition) is 3. The summed E-state index contributed by atoms with van der Waals surface area (Å²) in [4.78, 5) is 2.14. The Morgan fingerprint density at radius 2 is 1.57 bits per heavy atom. The second-order valence-corrected chi connectivity index (χ2v) is 7.72. The molecule has 2 aromatic rings. The van der Waals surface area contributed by atoms with E-state index < -0.39 is 5.60 Å². The van der Waals surface area contributed by atoms with Gasteiger partial charge in [0.15, 0.2) is 0 Å². The number of rotatable bonds is 8. The second-order valence-electron chi connectivity index (χ2n) is 7.72. The van der Waals surface area contributed by atoms with Crippen LogP contribution >= 0.6 is 0 Å². The lowest BCUT2D eigenvalue weighted by molar-refractivity contribution is -0.0173. The molecule has 0 spiro atoms. The summed E-state index contributed by atoms with van der Waals surface area (Å²) in [5.74, 6) is 6.78. The molecule has 3 nitrogen and oxygen atoms in total. The Labute approximate surface area is 169 Å². The summed E-state index contributed by atoms with van der Waals surface area (Å²) in [6.45, 7) is 2.06. The molecule has 1 aliphatic carbocycles. The first-order valence-electron chi connectivity index (χ1n) is 10.3. The van der Waals surface area contributed by atoms with Crippen molar-refractivity contribution in [1.29, 1.82) is 0 Å². The van der Waals surface area contributed by atoms with Crippen LogP contribution in [0.3, 0.4) is 0 Å². The van der Waals surface area contributed by atoms with Crippen molar-refractivity contribution < 1.29 is 10.2 Å². The fraction of sp³-hybridized carbons (Fsp3) is 0.440. The highest BCUT2D eigenvalue weighted by molar-refractivity contribution is 5.26. The van der Waals surface area contributed by atoms with E-state index in [4.69, 9.17) is 0 Å². The summed E-state index contributed by atoms with van der Waals surface area (Å²) in [5.41, 5.74) is 1.32. The monoisotopic (exact) mass is 377 g/mol. The van der Waals surface area contributed by atoms with Gasteiger partial charge in [0.05, 0.1) is 13.2 Å². The Balaban J connectivity index is 1.66. The predicted molar refractivity (Wildman–Crippen MR) is 113 cm³/mol. The molecule has 3 rings (SSSR count). The zero-order chi connectivity index (χ0) is 19.7. The molecule has 0 bridgehead atoms. The highest BCUT2D eigenvalue weighted by Crippen LogP contribution is 2.42. The molecule has 0 amide bonds. The topological polar surface area (TPSA) is 43.7 Å². The molecule has 2 N–H and O–H groups in total. The Morgan fingerprint density at radius 1 is 0.929 bits per heavy atom. The molecule has 3 heteroatoms. The fourth-order valence-electron chi connectivity index (χ4n) is 4.17. The van der Waals surface area contributed by atoms with E-state index in [9.17, 15) is 10.2 Å². The van der Waals surface area contributed by atoms with Gasteiger partial charge in [0.25, 0.3) is 0 Å². The van der Waals surface area contributed by atoms with E-state index >= 15 is 0 Å². The van der Waals surface area contributed by atoms with E-state index in [0.717, 1.165) is 24.9 Å². The van der Waals surface area contributed by atoms with Crippen LogP contribution in [0.15, 0.2) is 60.7 Å². The number of aliphatic hydroxyl groups is 2. The number of nitrogens with zero attached hydrogens (tertiary/aromatic N) is 1. The molecule has 0 radical (unpaired) electrons. The lowest BCUT2D eigenvalue weighted by atomic mass is 9.78. The summed E-state index contributed by atoms with van der Waals surface area (Å²) < 4.78 is 0. The van der Waals surface area contributed by atoms with Crippen LogP contribution in [0.25, 0.3) is 0 Å². The molecule has 1 fully saturated rings. The first kappa shape index (κ1) is 20.6. The van der Waals surface area contributed by atoms with Crippen molar-refractivity contribution in [1.82, 2.24) is 4.90 Å². The lowest BCUT2D eigenvalue weighted by Crippen LogP contribution is -2.33. The van der Waals surface area contributed by atoms with Crippen molar-refractivity contribution in [3.63, 3.8) is 0 Å². The highest BCUT2D eigenvalue weighted by Gasteiger charge is 2.39. The van der Waals surface area contributed by atoms with E-state index in [2.05, 4.69) is 28.9 Å². The third-order valence-corrected chi connectivity index (χ3v) is 5.76. The fourth-order valence-corrected chi connectivity index (χ4v) is 4.17. The molecule has 148 valence electrons. The lowest BCUT2D eigenvalue weighted by Gasteiger charge is -2.33. The molecule has 1 atom stereocenters. The third-order valence-electron chi connectivity index (χ3n) is 5.76. The Bertz CT molecular complexity index is 759. The van der Waals surface area contributed by atoms with E-state index in [0.29, 0.717) is 19.5 Å². The molecule has 0 aromatic heterocycles. The Hall–Kier alpha value is -2.12. The first-order valence-corrected chi connectivity index (χ1v) is 10.3. The van der Waals surface area contributed by atoms with Gasteiger partial charge in [-0.2, -0.15) is 0 Å². The van der Waals surface area contributed by atoms with Gasteiger partial charge in [0.2, 0.25) is 0 Å².